The van der Waals surface area contributed by atoms with Crippen molar-refractivity contribution in [2.24, 2.45) is 5.92 Å². The van der Waals surface area contributed by atoms with Gasteiger partial charge in [-0.1, -0.05) is 12.2 Å². The molecule has 3 atom stereocenters. The number of ether oxygens (including phenoxy) is 1. The van der Waals surface area contributed by atoms with Gasteiger partial charge in [-0.15, -0.1) is 0 Å². The van der Waals surface area contributed by atoms with Crippen LogP contribution in [-0.4, -0.2) is 40.6 Å². The van der Waals surface area contributed by atoms with E-state index in [2.05, 4.69) is 31.6 Å². The minimum atomic E-state index is -0.0857. The molecule has 8 heteroatoms. The van der Waals surface area contributed by atoms with E-state index in [1.54, 1.807) is 12.4 Å². The van der Waals surface area contributed by atoms with E-state index in [-0.39, 0.29) is 29.9 Å². The van der Waals surface area contributed by atoms with Gasteiger partial charge in [0.15, 0.2) is 0 Å². The third kappa shape index (κ3) is 4.31. The summed E-state index contributed by atoms with van der Waals surface area (Å²) in [5, 5.41) is 9.20. The number of fused-ring (bicyclic) bond motifs is 1. The van der Waals surface area contributed by atoms with E-state index < -0.39 is 0 Å². The van der Waals surface area contributed by atoms with Crippen LogP contribution in [0.5, 0.6) is 0 Å². The van der Waals surface area contributed by atoms with E-state index in [9.17, 15) is 9.59 Å². The molecule has 32 heavy (non-hydrogen) atoms. The molecule has 0 saturated carbocycles. The minimum Gasteiger partial charge on any atom is -0.376 e. The number of carbonyl (C=O) groups is 2. The quantitative estimate of drug-likeness (QED) is 0.651. The highest BCUT2D eigenvalue weighted by Crippen LogP contribution is 2.34. The number of amides is 2. The van der Waals surface area contributed by atoms with Crippen LogP contribution in [0.1, 0.15) is 47.9 Å². The molecule has 5 rings (SSSR count). The molecule has 1 fully saturated rings. The third-order valence-corrected chi connectivity index (χ3v) is 6.18. The highest BCUT2D eigenvalue weighted by molar-refractivity contribution is 5.94. The molecule has 8 nitrogen and oxygen atoms in total. The number of hydrogen-bond acceptors (Lipinski definition) is 5. The number of benzene rings is 1. The molecule has 0 aliphatic carbocycles. The minimum absolute atomic E-state index is 0.00865. The second-order valence-electron chi connectivity index (χ2n) is 8.38. The highest BCUT2D eigenvalue weighted by Gasteiger charge is 2.28. The van der Waals surface area contributed by atoms with Crippen LogP contribution in [0, 0.1) is 5.92 Å². The van der Waals surface area contributed by atoms with Crippen LogP contribution < -0.4 is 16.0 Å². The van der Waals surface area contributed by atoms with E-state index in [4.69, 9.17) is 4.74 Å². The van der Waals surface area contributed by atoms with Crippen molar-refractivity contribution in [2.45, 2.75) is 37.8 Å². The van der Waals surface area contributed by atoms with Crippen LogP contribution in [0.2, 0.25) is 0 Å². The highest BCUT2D eigenvalue weighted by atomic mass is 16.5. The molecule has 2 amide bonds. The van der Waals surface area contributed by atoms with Crippen LogP contribution in [0.15, 0.2) is 55.0 Å². The van der Waals surface area contributed by atoms with Crippen molar-refractivity contribution in [3.8, 4) is 0 Å². The van der Waals surface area contributed by atoms with Crippen LogP contribution in [0.3, 0.4) is 0 Å². The molecule has 0 radical (unpaired) electrons. The summed E-state index contributed by atoms with van der Waals surface area (Å²) in [6.07, 6.45) is 13.0. The Labute approximate surface area is 186 Å². The zero-order valence-electron chi connectivity index (χ0n) is 17.8. The molecule has 1 aromatic carbocycles. The molecular formula is C24H27N5O3. The normalized spacial score (nSPS) is 24.4. The summed E-state index contributed by atoms with van der Waals surface area (Å²) >= 11 is 0. The van der Waals surface area contributed by atoms with Gasteiger partial charge in [0.25, 0.3) is 5.91 Å². The molecule has 3 aliphatic heterocycles. The molecule has 1 aromatic heterocycles. The topological polar surface area (TPSA) is 97.3 Å². The van der Waals surface area contributed by atoms with Gasteiger partial charge in [0, 0.05) is 61.0 Å². The van der Waals surface area contributed by atoms with Crippen molar-refractivity contribution in [1.29, 1.82) is 0 Å². The molecular weight excluding hydrogens is 406 g/mol. The summed E-state index contributed by atoms with van der Waals surface area (Å²) in [7, 11) is 0. The summed E-state index contributed by atoms with van der Waals surface area (Å²) in [6, 6.07) is 7.50. The number of nitrogens with zero attached hydrogens (tertiary/aromatic N) is 2. The Bertz CT molecular complexity index is 1050. The third-order valence-electron chi connectivity index (χ3n) is 6.18. The number of anilines is 1. The van der Waals surface area contributed by atoms with E-state index in [1.807, 2.05) is 36.5 Å². The first-order chi connectivity index (χ1) is 15.7. The standard InChI is InChI=1S/C24H27N5O3/c30-22-14-17(9-10-25-22)21-8-7-20(23-26-11-12-29(21)23)28-18-5-3-16(4-6-18)24(31)27-15-19-2-1-13-32-19/h3-6,8-12,17,19-20,28H,1-2,7,13-15H2,(H,25,30)(H,27,31). The van der Waals surface area contributed by atoms with Gasteiger partial charge in [0.2, 0.25) is 5.91 Å². The van der Waals surface area contributed by atoms with Crippen molar-refractivity contribution < 1.29 is 14.3 Å². The molecule has 2 aromatic rings. The van der Waals surface area contributed by atoms with Crippen LogP contribution >= 0.6 is 0 Å². The fraction of sp³-hybridized carbons (Fsp3) is 0.375. The summed E-state index contributed by atoms with van der Waals surface area (Å²) in [4.78, 5) is 28.8. The summed E-state index contributed by atoms with van der Waals surface area (Å²) < 4.78 is 7.63. The Kier molecular flexibility index (Phi) is 5.77. The fourth-order valence-corrected chi connectivity index (χ4v) is 4.51. The maximum atomic E-state index is 12.4. The number of hydrogen-bond donors (Lipinski definition) is 3. The van der Waals surface area contributed by atoms with Gasteiger partial charge in [0.1, 0.15) is 5.82 Å². The first-order valence-electron chi connectivity index (χ1n) is 11.1. The van der Waals surface area contributed by atoms with Crippen molar-refractivity contribution in [3.05, 3.63) is 66.4 Å². The van der Waals surface area contributed by atoms with Gasteiger partial charge in [-0.05, 0) is 43.5 Å². The SMILES string of the molecule is O=C1CC(C2=CCC(Nc3ccc(C(=O)NCC4CCCO4)cc3)c3nccn32)C=CN1. The molecule has 0 bridgehead atoms. The number of imidazole rings is 1. The lowest BCUT2D eigenvalue weighted by Gasteiger charge is -2.29. The molecule has 3 aliphatic rings. The van der Waals surface area contributed by atoms with Crippen molar-refractivity contribution >= 4 is 23.2 Å². The monoisotopic (exact) mass is 433 g/mol. The second-order valence-corrected chi connectivity index (χ2v) is 8.38. The number of aromatic nitrogens is 2. The van der Waals surface area contributed by atoms with Crippen molar-refractivity contribution in [1.82, 2.24) is 20.2 Å². The average molecular weight is 434 g/mol. The Morgan fingerprint density at radius 1 is 1.28 bits per heavy atom. The second kappa shape index (κ2) is 9.00. The lowest BCUT2D eigenvalue weighted by Crippen LogP contribution is -2.31. The fourth-order valence-electron chi connectivity index (χ4n) is 4.51. The molecule has 3 N–H and O–H groups in total. The number of allylic oxidation sites excluding steroid dienone is 2. The summed E-state index contributed by atoms with van der Waals surface area (Å²) in [5.41, 5.74) is 2.64. The Morgan fingerprint density at radius 3 is 2.94 bits per heavy atom. The predicted octanol–water partition coefficient (Wildman–Crippen LogP) is 2.84. The average Bonchev–Trinajstić information content (AvgIpc) is 3.51. The van der Waals surface area contributed by atoms with E-state index in [0.717, 1.165) is 43.1 Å². The van der Waals surface area contributed by atoms with E-state index in [1.165, 1.54) is 0 Å². The smallest absolute Gasteiger partial charge is 0.251 e. The van der Waals surface area contributed by atoms with Crippen molar-refractivity contribution in [3.63, 3.8) is 0 Å². The lowest BCUT2D eigenvalue weighted by atomic mass is 9.94. The van der Waals surface area contributed by atoms with Gasteiger partial charge < -0.3 is 25.3 Å². The summed E-state index contributed by atoms with van der Waals surface area (Å²) in [6.45, 7) is 1.33. The zero-order chi connectivity index (χ0) is 21.9. The van der Waals surface area contributed by atoms with E-state index in [0.29, 0.717) is 18.5 Å². The van der Waals surface area contributed by atoms with Gasteiger partial charge in [-0.3, -0.25) is 9.59 Å². The van der Waals surface area contributed by atoms with Gasteiger partial charge in [-0.2, -0.15) is 0 Å². The molecule has 4 heterocycles. The van der Waals surface area contributed by atoms with Crippen molar-refractivity contribution in [2.75, 3.05) is 18.5 Å². The Hall–Kier alpha value is -3.39. The lowest BCUT2D eigenvalue weighted by molar-refractivity contribution is -0.120. The van der Waals surface area contributed by atoms with E-state index >= 15 is 0 Å². The number of nitrogens with one attached hydrogen (secondary N) is 3. The first kappa shape index (κ1) is 20.5. The zero-order valence-corrected chi connectivity index (χ0v) is 17.8. The molecule has 0 spiro atoms. The van der Waals surface area contributed by atoms with Crippen LogP contribution in [0.4, 0.5) is 5.69 Å². The van der Waals surface area contributed by atoms with Gasteiger partial charge >= 0.3 is 0 Å². The number of rotatable bonds is 6. The number of carbonyl (C=O) groups excluding carboxylic acids is 2. The molecule has 3 unspecified atom stereocenters. The predicted molar refractivity (Wildman–Crippen MR) is 121 cm³/mol. The molecule has 1 saturated heterocycles. The summed E-state index contributed by atoms with van der Waals surface area (Å²) in [5.74, 6) is 0.906. The molecule has 166 valence electrons. The first-order valence-corrected chi connectivity index (χ1v) is 11.1. The maximum absolute atomic E-state index is 12.4. The van der Waals surface area contributed by atoms with Crippen LogP contribution in [0.25, 0.3) is 5.70 Å². The Morgan fingerprint density at radius 2 is 2.16 bits per heavy atom. The van der Waals surface area contributed by atoms with Crippen LogP contribution in [-0.2, 0) is 9.53 Å². The Balaban J connectivity index is 1.23. The van der Waals surface area contributed by atoms with Gasteiger partial charge in [0.05, 0.1) is 12.1 Å². The maximum Gasteiger partial charge on any atom is 0.251 e. The van der Waals surface area contributed by atoms with Gasteiger partial charge in [-0.25, -0.2) is 4.98 Å². The largest absolute Gasteiger partial charge is 0.376 e.